The van der Waals surface area contributed by atoms with Gasteiger partial charge in [0.25, 0.3) is 0 Å². The average Bonchev–Trinajstić information content (AvgIpc) is 2.72. The quantitative estimate of drug-likeness (QED) is 0.188. The second-order valence-corrected chi connectivity index (χ2v) is 7.68. The standard InChI is InChI=1S/C20H33N5O5/c1-4-30-20(27)16-10-17(23-24-21)19(22-14(2)26)18(11-16)25-7-5-6-15(12-25)13-29-9-8-28-3/h11,15,17-19H,4-10,12-13H2,1-3H3,(H,22,26)/t15-,17-,18+,19+/m0/s1. The predicted octanol–water partition coefficient (Wildman–Crippen LogP) is 1.81. The van der Waals surface area contributed by atoms with Crippen molar-refractivity contribution in [2.24, 2.45) is 11.0 Å². The number of likely N-dealkylation sites (tertiary alicyclic amines) is 1. The second kappa shape index (κ2) is 12.5. The van der Waals surface area contributed by atoms with Gasteiger partial charge in [-0.2, -0.15) is 0 Å². The molecule has 1 fully saturated rings. The number of azide groups is 1. The molecule has 168 valence electrons. The van der Waals surface area contributed by atoms with Gasteiger partial charge < -0.3 is 19.5 Å². The van der Waals surface area contributed by atoms with Gasteiger partial charge in [0.2, 0.25) is 5.91 Å². The van der Waals surface area contributed by atoms with Crippen LogP contribution >= 0.6 is 0 Å². The van der Waals surface area contributed by atoms with Crippen molar-refractivity contribution in [2.45, 2.75) is 51.2 Å². The summed E-state index contributed by atoms with van der Waals surface area (Å²) in [7, 11) is 1.64. The molecule has 2 rings (SSSR count). The van der Waals surface area contributed by atoms with Gasteiger partial charge in [0.05, 0.1) is 38.5 Å². The first-order valence-electron chi connectivity index (χ1n) is 10.5. The Labute approximate surface area is 177 Å². The molecule has 10 heteroatoms. The van der Waals surface area contributed by atoms with E-state index in [4.69, 9.17) is 19.7 Å². The van der Waals surface area contributed by atoms with Crippen molar-refractivity contribution in [3.8, 4) is 0 Å². The van der Waals surface area contributed by atoms with Crippen LogP contribution in [0, 0.1) is 5.92 Å². The topological polar surface area (TPSA) is 126 Å². The summed E-state index contributed by atoms with van der Waals surface area (Å²) in [5.41, 5.74) is 9.53. The number of hydrogen-bond donors (Lipinski definition) is 1. The first-order chi connectivity index (χ1) is 14.5. The number of hydrogen-bond acceptors (Lipinski definition) is 7. The van der Waals surface area contributed by atoms with Crippen LogP contribution in [-0.2, 0) is 23.8 Å². The van der Waals surface area contributed by atoms with Crippen LogP contribution in [-0.4, -0.2) is 81.5 Å². The molecule has 0 spiro atoms. The van der Waals surface area contributed by atoms with Crippen molar-refractivity contribution in [2.75, 3.05) is 46.6 Å². The van der Waals surface area contributed by atoms with Gasteiger partial charge in [-0.1, -0.05) is 11.2 Å². The first kappa shape index (κ1) is 24.1. The number of nitrogens with one attached hydrogen (secondary N) is 1. The lowest BCUT2D eigenvalue weighted by Crippen LogP contribution is -2.59. The van der Waals surface area contributed by atoms with Gasteiger partial charge in [0.15, 0.2) is 0 Å². The lowest BCUT2D eigenvalue weighted by atomic mass is 9.84. The fourth-order valence-corrected chi connectivity index (χ4v) is 4.16. The lowest BCUT2D eigenvalue weighted by Gasteiger charge is -2.44. The van der Waals surface area contributed by atoms with Gasteiger partial charge in [-0.05, 0) is 44.2 Å². The second-order valence-electron chi connectivity index (χ2n) is 7.68. The number of nitrogens with zero attached hydrogens (tertiary/aromatic N) is 4. The normalized spacial score (nSPS) is 27.0. The highest BCUT2D eigenvalue weighted by Gasteiger charge is 2.40. The fourth-order valence-electron chi connectivity index (χ4n) is 4.16. The molecule has 1 heterocycles. The highest BCUT2D eigenvalue weighted by atomic mass is 16.5. The minimum atomic E-state index is -0.563. The number of rotatable bonds is 10. The SMILES string of the molecule is CCOC(=O)C1=C[C@@H](N2CCC[C@H](COCCOC)C2)[C@H](NC(C)=O)[C@@H](N=[N+]=[N-])C1. The maximum Gasteiger partial charge on any atom is 0.333 e. The Kier molecular flexibility index (Phi) is 10.1. The predicted molar refractivity (Wildman–Crippen MR) is 111 cm³/mol. The molecule has 2 aliphatic rings. The van der Waals surface area contributed by atoms with E-state index in [-0.39, 0.29) is 25.0 Å². The Morgan fingerprint density at radius 1 is 1.40 bits per heavy atom. The number of esters is 1. The van der Waals surface area contributed by atoms with Gasteiger partial charge >= 0.3 is 5.97 Å². The summed E-state index contributed by atoms with van der Waals surface area (Å²) in [4.78, 5) is 29.5. The summed E-state index contributed by atoms with van der Waals surface area (Å²) < 4.78 is 15.9. The summed E-state index contributed by atoms with van der Waals surface area (Å²) in [6, 6.07) is -1.24. The number of piperidine rings is 1. The monoisotopic (exact) mass is 423 g/mol. The van der Waals surface area contributed by atoms with E-state index in [0.717, 1.165) is 25.9 Å². The fraction of sp³-hybridized carbons (Fsp3) is 0.800. The van der Waals surface area contributed by atoms with Crippen molar-refractivity contribution in [1.29, 1.82) is 0 Å². The minimum Gasteiger partial charge on any atom is -0.463 e. The minimum absolute atomic E-state index is 0.201. The average molecular weight is 424 g/mol. The van der Waals surface area contributed by atoms with Crippen LogP contribution in [0.3, 0.4) is 0 Å². The number of amides is 1. The first-order valence-corrected chi connectivity index (χ1v) is 10.5. The van der Waals surface area contributed by atoms with E-state index in [2.05, 4.69) is 20.2 Å². The third-order valence-corrected chi connectivity index (χ3v) is 5.45. The van der Waals surface area contributed by atoms with Crippen LogP contribution in [0.1, 0.15) is 33.1 Å². The van der Waals surface area contributed by atoms with E-state index in [0.29, 0.717) is 31.3 Å². The molecule has 0 aromatic rings. The van der Waals surface area contributed by atoms with Crippen LogP contribution < -0.4 is 5.32 Å². The molecule has 1 amide bonds. The maximum absolute atomic E-state index is 12.4. The Hall–Kier alpha value is -2.13. The zero-order valence-corrected chi connectivity index (χ0v) is 18.1. The summed E-state index contributed by atoms with van der Waals surface area (Å²) in [6.45, 7) is 6.80. The van der Waals surface area contributed by atoms with Crippen molar-refractivity contribution in [3.05, 3.63) is 22.1 Å². The smallest absolute Gasteiger partial charge is 0.333 e. The van der Waals surface area contributed by atoms with Crippen LogP contribution in [0.4, 0.5) is 0 Å². The largest absolute Gasteiger partial charge is 0.463 e. The Morgan fingerprint density at radius 2 is 2.20 bits per heavy atom. The maximum atomic E-state index is 12.4. The molecule has 30 heavy (non-hydrogen) atoms. The van der Waals surface area contributed by atoms with Crippen molar-refractivity contribution >= 4 is 11.9 Å². The molecule has 1 N–H and O–H groups in total. The molecule has 1 saturated heterocycles. The van der Waals surface area contributed by atoms with Gasteiger partial charge in [-0.15, -0.1) is 0 Å². The Balaban J connectivity index is 2.22. The van der Waals surface area contributed by atoms with E-state index in [1.807, 2.05) is 6.08 Å². The third kappa shape index (κ3) is 6.98. The van der Waals surface area contributed by atoms with Gasteiger partial charge in [0, 0.05) is 37.1 Å². The third-order valence-electron chi connectivity index (χ3n) is 5.45. The van der Waals surface area contributed by atoms with Crippen LogP contribution in [0.25, 0.3) is 10.4 Å². The van der Waals surface area contributed by atoms with E-state index < -0.39 is 18.1 Å². The lowest BCUT2D eigenvalue weighted by molar-refractivity contribution is -0.138. The molecule has 1 aliphatic heterocycles. The van der Waals surface area contributed by atoms with Gasteiger partial charge in [0.1, 0.15) is 0 Å². The Bertz CT molecular complexity index is 664. The van der Waals surface area contributed by atoms with E-state index in [1.165, 1.54) is 6.92 Å². The van der Waals surface area contributed by atoms with Crippen LogP contribution in [0.15, 0.2) is 16.8 Å². The summed E-state index contributed by atoms with van der Waals surface area (Å²) in [6.07, 6.45) is 4.14. The molecule has 0 saturated carbocycles. The number of carbonyl (C=O) groups excluding carboxylic acids is 2. The molecule has 10 nitrogen and oxygen atoms in total. The highest BCUT2D eigenvalue weighted by molar-refractivity contribution is 5.89. The van der Waals surface area contributed by atoms with Crippen molar-refractivity contribution < 1.29 is 23.8 Å². The molecule has 0 unspecified atom stereocenters. The molecular formula is C20H33N5O5. The molecule has 0 aromatic heterocycles. The molecule has 0 aromatic carbocycles. The molecule has 0 bridgehead atoms. The van der Waals surface area contributed by atoms with Crippen LogP contribution in [0.5, 0.6) is 0 Å². The van der Waals surface area contributed by atoms with Gasteiger partial charge in [-0.25, -0.2) is 4.79 Å². The van der Waals surface area contributed by atoms with E-state index in [1.54, 1.807) is 14.0 Å². The van der Waals surface area contributed by atoms with Gasteiger partial charge in [-0.3, -0.25) is 9.69 Å². The molecule has 4 atom stereocenters. The summed E-state index contributed by atoms with van der Waals surface area (Å²) in [5.74, 6) is -0.265. The summed E-state index contributed by atoms with van der Waals surface area (Å²) >= 11 is 0. The molecule has 0 radical (unpaired) electrons. The number of carbonyl (C=O) groups is 2. The number of methoxy groups -OCH3 is 1. The van der Waals surface area contributed by atoms with E-state index in [9.17, 15) is 9.59 Å². The number of ether oxygens (including phenoxy) is 3. The van der Waals surface area contributed by atoms with Crippen LogP contribution in [0.2, 0.25) is 0 Å². The van der Waals surface area contributed by atoms with E-state index >= 15 is 0 Å². The Morgan fingerprint density at radius 3 is 2.87 bits per heavy atom. The zero-order chi connectivity index (χ0) is 21.9. The van der Waals surface area contributed by atoms with Crippen molar-refractivity contribution in [1.82, 2.24) is 10.2 Å². The zero-order valence-electron chi connectivity index (χ0n) is 18.1. The molecule has 1 aliphatic carbocycles. The summed E-state index contributed by atoms with van der Waals surface area (Å²) in [5, 5.41) is 6.84. The van der Waals surface area contributed by atoms with Crippen molar-refractivity contribution in [3.63, 3.8) is 0 Å². The highest BCUT2D eigenvalue weighted by Crippen LogP contribution is 2.29. The molecular weight excluding hydrogens is 390 g/mol.